The average molecular weight is 597 g/mol. The van der Waals surface area contributed by atoms with Gasteiger partial charge in [0, 0.05) is 30.3 Å². The van der Waals surface area contributed by atoms with Gasteiger partial charge in [-0.2, -0.15) is 5.10 Å². The molecule has 1 aliphatic rings. The molecule has 1 unspecified atom stereocenters. The number of hydrogen-bond acceptors (Lipinski definition) is 6. The van der Waals surface area contributed by atoms with E-state index in [9.17, 15) is 13.2 Å². The molecule has 40 heavy (non-hydrogen) atoms. The number of carbonyl (C=O) groups is 1. The van der Waals surface area contributed by atoms with E-state index >= 15 is 0 Å². The van der Waals surface area contributed by atoms with E-state index in [0.717, 1.165) is 40.5 Å². The van der Waals surface area contributed by atoms with E-state index in [1.807, 2.05) is 36.4 Å². The zero-order chi connectivity index (χ0) is 28.3. The molecule has 2 aromatic carbocycles. The highest BCUT2D eigenvalue weighted by Gasteiger charge is 2.21. The van der Waals surface area contributed by atoms with Crippen molar-refractivity contribution < 1.29 is 13.2 Å². The van der Waals surface area contributed by atoms with E-state index in [1.165, 1.54) is 36.9 Å². The zero-order valence-electron chi connectivity index (χ0n) is 22.6. The minimum Gasteiger partial charge on any atom is -0.351 e. The maximum atomic E-state index is 13.1. The first-order valence-corrected chi connectivity index (χ1v) is 16.6. The quantitative estimate of drug-likeness (QED) is 0.229. The normalized spacial score (nSPS) is 16.2. The lowest BCUT2D eigenvalue weighted by molar-refractivity contribution is 0.0943. The van der Waals surface area contributed by atoms with E-state index < -0.39 is 9.84 Å². The van der Waals surface area contributed by atoms with Crippen molar-refractivity contribution in [2.45, 2.75) is 43.5 Å². The van der Waals surface area contributed by atoms with E-state index in [2.05, 4.69) is 22.2 Å². The smallest absolute Gasteiger partial charge is 0.271 e. The van der Waals surface area contributed by atoms with Crippen LogP contribution in [0.1, 0.15) is 43.1 Å². The average Bonchev–Trinajstić information content (AvgIpc) is 3.60. The van der Waals surface area contributed by atoms with Crippen LogP contribution in [0.15, 0.2) is 71.6 Å². The van der Waals surface area contributed by atoms with Crippen molar-refractivity contribution in [3.05, 3.63) is 77.4 Å². The van der Waals surface area contributed by atoms with Crippen LogP contribution < -0.4 is 5.32 Å². The standard InChI is InChI=1S/C30H33ClN4O3S2/c1-21-9-5-6-17-34(21)18-8-16-32-30(36)25-20-27(35(33-25)26-13-4-3-12-24(26)31)29-15-14-28(39-29)22-10-7-11-23(19-22)40(2,37)38/h3-4,7,10-15,19-21H,5-6,8-9,16-18H2,1-2H3,(H,32,36). The van der Waals surface area contributed by atoms with Gasteiger partial charge in [-0.25, -0.2) is 13.1 Å². The first-order valence-electron chi connectivity index (χ1n) is 13.5. The van der Waals surface area contributed by atoms with Crippen molar-refractivity contribution in [3.8, 4) is 26.7 Å². The molecule has 1 fully saturated rings. The van der Waals surface area contributed by atoms with Crippen LogP contribution in [0.4, 0.5) is 0 Å². The Labute approximate surface area is 244 Å². The van der Waals surface area contributed by atoms with Gasteiger partial charge in [0.15, 0.2) is 15.5 Å². The lowest BCUT2D eigenvalue weighted by Gasteiger charge is -2.33. The van der Waals surface area contributed by atoms with E-state index in [1.54, 1.807) is 35.0 Å². The fourth-order valence-electron chi connectivity index (χ4n) is 5.05. The molecule has 2 aromatic heterocycles. The van der Waals surface area contributed by atoms with Gasteiger partial charge in [-0.1, -0.05) is 42.3 Å². The molecule has 4 aromatic rings. The van der Waals surface area contributed by atoms with Crippen LogP contribution in [0, 0.1) is 0 Å². The number of nitrogens with zero attached hydrogens (tertiary/aromatic N) is 3. The van der Waals surface area contributed by atoms with Crippen molar-refractivity contribution >= 4 is 38.7 Å². The number of para-hydroxylation sites is 1. The number of benzene rings is 2. The lowest BCUT2D eigenvalue weighted by Crippen LogP contribution is -2.39. The number of sulfone groups is 1. The van der Waals surface area contributed by atoms with Gasteiger partial charge in [0.05, 0.1) is 26.2 Å². The number of hydrogen-bond donors (Lipinski definition) is 1. The summed E-state index contributed by atoms with van der Waals surface area (Å²) >= 11 is 8.04. The second kappa shape index (κ2) is 12.3. The molecule has 10 heteroatoms. The molecule has 1 amide bonds. The van der Waals surface area contributed by atoms with Gasteiger partial charge in [-0.05, 0) is 80.8 Å². The second-order valence-electron chi connectivity index (χ2n) is 10.2. The molecule has 0 aliphatic carbocycles. The summed E-state index contributed by atoms with van der Waals surface area (Å²) in [5, 5.41) is 8.22. The molecule has 0 bridgehead atoms. The number of nitrogens with one attached hydrogen (secondary N) is 1. The number of carbonyl (C=O) groups excluding carboxylic acids is 1. The van der Waals surface area contributed by atoms with Crippen LogP contribution in [0.25, 0.3) is 26.7 Å². The van der Waals surface area contributed by atoms with Crippen LogP contribution >= 0.6 is 22.9 Å². The maximum Gasteiger partial charge on any atom is 0.271 e. The third-order valence-electron chi connectivity index (χ3n) is 7.28. The number of rotatable bonds is 9. The van der Waals surface area contributed by atoms with Crippen molar-refractivity contribution in [1.82, 2.24) is 20.0 Å². The molecule has 7 nitrogen and oxygen atoms in total. The fourth-order valence-corrected chi connectivity index (χ4v) is 6.94. The number of likely N-dealkylation sites (tertiary alicyclic amines) is 1. The molecule has 0 saturated carbocycles. The second-order valence-corrected chi connectivity index (χ2v) is 13.7. The number of amides is 1. The van der Waals surface area contributed by atoms with Gasteiger partial charge < -0.3 is 10.2 Å². The molecule has 210 valence electrons. The lowest BCUT2D eigenvalue weighted by atomic mass is 10.0. The Morgan fingerprint density at radius 1 is 1.07 bits per heavy atom. The predicted molar refractivity (Wildman–Crippen MR) is 162 cm³/mol. The largest absolute Gasteiger partial charge is 0.351 e. The molecule has 3 heterocycles. The summed E-state index contributed by atoms with van der Waals surface area (Å²) in [4.78, 5) is 17.7. The van der Waals surface area contributed by atoms with Gasteiger partial charge in [0.2, 0.25) is 0 Å². The van der Waals surface area contributed by atoms with E-state index in [-0.39, 0.29) is 10.8 Å². The summed E-state index contributed by atoms with van der Waals surface area (Å²) in [5.41, 5.74) is 2.53. The number of halogens is 1. The Morgan fingerprint density at radius 3 is 2.65 bits per heavy atom. The van der Waals surface area contributed by atoms with Crippen LogP contribution in [0.2, 0.25) is 5.02 Å². The SMILES string of the molecule is CC1CCCCN1CCCNC(=O)c1cc(-c2ccc(-c3cccc(S(C)(=O)=O)c3)s2)n(-c2ccccc2Cl)n1. The molecule has 5 rings (SSSR count). The Kier molecular flexibility index (Phi) is 8.75. The van der Waals surface area contributed by atoms with Gasteiger partial charge in [0.1, 0.15) is 0 Å². The maximum absolute atomic E-state index is 13.1. The minimum atomic E-state index is -3.32. The third-order valence-corrected chi connectivity index (χ3v) is 9.86. The molecule has 1 saturated heterocycles. The van der Waals surface area contributed by atoms with Crippen LogP contribution in [0.3, 0.4) is 0 Å². The molecular weight excluding hydrogens is 564 g/mol. The Bertz CT molecular complexity index is 1610. The van der Waals surface area contributed by atoms with E-state index in [0.29, 0.717) is 29.0 Å². The summed E-state index contributed by atoms with van der Waals surface area (Å²) in [6.07, 6.45) is 5.86. The van der Waals surface area contributed by atoms with E-state index in [4.69, 9.17) is 11.6 Å². The van der Waals surface area contributed by atoms with Gasteiger partial charge in [-0.3, -0.25) is 4.79 Å². The summed E-state index contributed by atoms with van der Waals surface area (Å²) in [6, 6.07) is 20.6. The molecular formula is C30H33ClN4O3S2. The molecule has 0 spiro atoms. The Morgan fingerprint density at radius 2 is 1.88 bits per heavy atom. The monoisotopic (exact) mass is 596 g/mol. The summed E-state index contributed by atoms with van der Waals surface area (Å²) in [5.74, 6) is -0.226. The van der Waals surface area contributed by atoms with Crippen molar-refractivity contribution in [2.75, 3.05) is 25.9 Å². The van der Waals surface area contributed by atoms with Crippen LogP contribution in [-0.4, -0.2) is 60.9 Å². The number of thiophene rings is 1. The predicted octanol–water partition coefficient (Wildman–Crippen LogP) is 6.32. The van der Waals surface area contributed by atoms with Crippen LogP contribution in [0.5, 0.6) is 0 Å². The fraction of sp³-hybridized carbons (Fsp3) is 0.333. The van der Waals surface area contributed by atoms with Crippen molar-refractivity contribution in [3.63, 3.8) is 0 Å². The summed E-state index contributed by atoms with van der Waals surface area (Å²) < 4.78 is 25.8. The Balaban J connectivity index is 1.39. The van der Waals surface area contributed by atoms with Crippen molar-refractivity contribution in [1.29, 1.82) is 0 Å². The molecule has 0 radical (unpaired) electrons. The zero-order valence-corrected chi connectivity index (χ0v) is 25.0. The Hall–Kier alpha value is -2.98. The summed E-state index contributed by atoms with van der Waals surface area (Å²) in [7, 11) is -3.32. The third kappa shape index (κ3) is 6.49. The summed E-state index contributed by atoms with van der Waals surface area (Å²) in [6.45, 7) is 4.95. The first kappa shape index (κ1) is 28.5. The van der Waals surface area contributed by atoms with Crippen molar-refractivity contribution in [2.24, 2.45) is 0 Å². The highest BCUT2D eigenvalue weighted by atomic mass is 35.5. The molecule has 1 atom stereocenters. The highest BCUT2D eigenvalue weighted by molar-refractivity contribution is 7.90. The molecule has 1 N–H and O–H groups in total. The highest BCUT2D eigenvalue weighted by Crippen LogP contribution is 2.37. The minimum absolute atomic E-state index is 0.226. The van der Waals surface area contributed by atoms with Gasteiger partial charge >= 0.3 is 0 Å². The number of aromatic nitrogens is 2. The van der Waals surface area contributed by atoms with Gasteiger partial charge in [0.25, 0.3) is 5.91 Å². The first-order chi connectivity index (χ1) is 19.2. The van der Waals surface area contributed by atoms with Crippen LogP contribution in [-0.2, 0) is 9.84 Å². The van der Waals surface area contributed by atoms with Gasteiger partial charge in [-0.15, -0.1) is 11.3 Å². The number of piperidine rings is 1. The molecule has 1 aliphatic heterocycles. The topological polar surface area (TPSA) is 84.3 Å².